The highest BCUT2D eigenvalue weighted by atomic mass is 32.2. The molecule has 7 heteroatoms. The summed E-state index contributed by atoms with van der Waals surface area (Å²) in [7, 11) is 0.814. The van der Waals surface area contributed by atoms with Crippen LogP contribution in [0.1, 0.15) is 11.1 Å². The van der Waals surface area contributed by atoms with E-state index >= 15 is 0 Å². The lowest BCUT2D eigenvalue weighted by molar-refractivity contribution is -0.128. The van der Waals surface area contributed by atoms with Crippen molar-refractivity contribution in [3.05, 3.63) is 23.3 Å². The average molecular weight is 299 g/mol. The normalized spacial score (nSPS) is 11.7. The van der Waals surface area contributed by atoms with Gasteiger partial charge in [0.25, 0.3) is 0 Å². The second-order valence-electron chi connectivity index (χ2n) is 5.00. The molecule has 20 heavy (non-hydrogen) atoms. The van der Waals surface area contributed by atoms with Crippen LogP contribution in [0.4, 0.5) is 5.69 Å². The Morgan fingerprint density at radius 2 is 1.75 bits per heavy atom. The first-order chi connectivity index (χ1) is 9.07. The summed E-state index contributed by atoms with van der Waals surface area (Å²) in [5, 5.41) is 0. The molecule has 0 atom stereocenters. The fraction of sp³-hybridized carbons (Fsp3) is 0.462. The lowest BCUT2D eigenvalue weighted by Gasteiger charge is -2.20. The van der Waals surface area contributed by atoms with Crippen molar-refractivity contribution < 1.29 is 13.2 Å². The molecule has 0 aliphatic heterocycles. The first kappa shape index (κ1) is 16.5. The molecular formula is C13H21N3O3S. The van der Waals surface area contributed by atoms with Crippen molar-refractivity contribution >= 4 is 21.6 Å². The SMILES string of the molecule is Cc1cc(S(=O)(=O)N(C)CC(=O)N(C)C)cc(N)c1C. The number of carbonyl (C=O) groups is 1. The zero-order chi connectivity index (χ0) is 15.7. The van der Waals surface area contributed by atoms with Crippen LogP contribution in [-0.4, -0.2) is 51.2 Å². The van der Waals surface area contributed by atoms with E-state index in [2.05, 4.69) is 0 Å². The van der Waals surface area contributed by atoms with Crippen molar-refractivity contribution in [3.8, 4) is 0 Å². The summed E-state index contributed by atoms with van der Waals surface area (Å²) in [4.78, 5) is 13.1. The van der Waals surface area contributed by atoms with Gasteiger partial charge in [0.05, 0.1) is 11.4 Å². The molecule has 1 aromatic rings. The fourth-order valence-corrected chi connectivity index (χ4v) is 2.84. The Labute approximate surface area is 120 Å². The van der Waals surface area contributed by atoms with Gasteiger partial charge in [-0.2, -0.15) is 4.31 Å². The van der Waals surface area contributed by atoms with Crippen molar-refractivity contribution in [2.45, 2.75) is 18.7 Å². The fourth-order valence-electron chi connectivity index (χ4n) is 1.60. The van der Waals surface area contributed by atoms with E-state index in [0.29, 0.717) is 5.69 Å². The minimum Gasteiger partial charge on any atom is -0.398 e. The number of nitrogens with two attached hydrogens (primary N) is 1. The molecule has 0 aromatic heterocycles. The summed E-state index contributed by atoms with van der Waals surface area (Å²) < 4.78 is 25.8. The molecule has 0 fully saturated rings. The second kappa shape index (κ2) is 5.80. The Morgan fingerprint density at radius 1 is 1.20 bits per heavy atom. The van der Waals surface area contributed by atoms with Crippen LogP contribution in [0.5, 0.6) is 0 Å². The van der Waals surface area contributed by atoms with Gasteiger partial charge < -0.3 is 10.6 Å². The zero-order valence-electron chi connectivity index (χ0n) is 12.5. The summed E-state index contributed by atoms with van der Waals surface area (Å²) in [6.45, 7) is 3.43. The van der Waals surface area contributed by atoms with Crippen molar-refractivity contribution in [1.82, 2.24) is 9.21 Å². The van der Waals surface area contributed by atoms with Crippen LogP contribution in [0.25, 0.3) is 0 Å². The third kappa shape index (κ3) is 3.29. The van der Waals surface area contributed by atoms with Crippen LogP contribution < -0.4 is 5.73 Å². The third-order valence-electron chi connectivity index (χ3n) is 3.25. The van der Waals surface area contributed by atoms with Gasteiger partial charge in [0.15, 0.2) is 0 Å². The molecule has 0 heterocycles. The van der Waals surface area contributed by atoms with Crippen molar-refractivity contribution in [2.75, 3.05) is 33.4 Å². The van der Waals surface area contributed by atoms with Gasteiger partial charge in [0.1, 0.15) is 0 Å². The van der Waals surface area contributed by atoms with E-state index in [0.717, 1.165) is 15.4 Å². The van der Waals surface area contributed by atoms with Crippen molar-refractivity contribution in [3.63, 3.8) is 0 Å². The van der Waals surface area contributed by atoms with E-state index in [1.54, 1.807) is 27.1 Å². The molecule has 0 saturated heterocycles. The Morgan fingerprint density at radius 3 is 2.20 bits per heavy atom. The number of rotatable bonds is 4. The molecule has 0 saturated carbocycles. The number of anilines is 1. The number of nitrogen functional groups attached to an aromatic ring is 1. The predicted molar refractivity (Wildman–Crippen MR) is 78.8 cm³/mol. The lowest BCUT2D eigenvalue weighted by atomic mass is 10.1. The molecule has 6 nitrogen and oxygen atoms in total. The number of benzene rings is 1. The van der Waals surface area contributed by atoms with E-state index in [1.165, 1.54) is 18.0 Å². The number of carbonyl (C=O) groups excluding carboxylic acids is 1. The topological polar surface area (TPSA) is 83.7 Å². The molecule has 1 amide bonds. The molecule has 0 radical (unpaired) electrons. The van der Waals surface area contributed by atoms with Gasteiger partial charge in [0, 0.05) is 26.8 Å². The Hall–Kier alpha value is -1.60. The van der Waals surface area contributed by atoms with Crippen molar-refractivity contribution in [2.24, 2.45) is 0 Å². The van der Waals surface area contributed by atoms with Crippen LogP contribution in [-0.2, 0) is 14.8 Å². The van der Waals surface area contributed by atoms with E-state index < -0.39 is 10.0 Å². The molecule has 2 N–H and O–H groups in total. The van der Waals surface area contributed by atoms with Gasteiger partial charge in [-0.3, -0.25) is 4.79 Å². The molecular weight excluding hydrogens is 278 g/mol. The first-order valence-electron chi connectivity index (χ1n) is 6.10. The van der Waals surface area contributed by atoms with Gasteiger partial charge in [-0.15, -0.1) is 0 Å². The summed E-state index contributed by atoms with van der Waals surface area (Å²) >= 11 is 0. The summed E-state index contributed by atoms with van der Waals surface area (Å²) in [6, 6.07) is 2.99. The van der Waals surface area contributed by atoms with Crippen LogP contribution in [0.2, 0.25) is 0 Å². The summed E-state index contributed by atoms with van der Waals surface area (Å²) in [5.41, 5.74) is 7.90. The number of hydrogen-bond acceptors (Lipinski definition) is 4. The number of amides is 1. The maximum atomic E-state index is 12.4. The van der Waals surface area contributed by atoms with Gasteiger partial charge >= 0.3 is 0 Å². The molecule has 0 unspecified atom stereocenters. The average Bonchev–Trinajstić information content (AvgIpc) is 2.34. The standard InChI is InChI=1S/C13H21N3O3S/c1-9-6-11(7-12(14)10(9)2)20(18,19)16(5)8-13(17)15(3)4/h6-7H,8,14H2,1-5H3. The van der Waals surface area contributed by atoms with E-state index in [9.17, 15) is 13.2 Å². The number of sulfonamides is 1. The molecule has 0 aliphatic rings. The van der Waals surface area contributed by atoms with Crippen LogP contribution in [0.3, 0.4) is 0 Å². The van der Waals surface area contributed by atoms with Gasteiger partial charge in [-0.25, -0.2) is 8.42 Å². The largest absolute Gasteiger partial charge is 0.398 e. The minimum absolute atomic E-state index is 0.104. The Bertz CT molecular complexity index is 601. The highest BCUT2D eigenvalue weighted by Gasteiger charge is 2.24. The highest BCUT2D eigenvalue weighted by molar-refractivity contribution is 7.89. The van der Waals surface area contributed by atoms with E-state index in [4.69, 9.17) is 5.73 Å². The van der Waals surface area contributed by atoms with E-state index in [1.807, 2.05) is 6.92 Å². The smallest absolute Gasteiger partial charge is 0.243 e. The maximum Gasteiger partial charge on any atom is 0.243 e. The van der Waals surface area contributed by atoms with Gasteiger partial charge in [0.2, 0.25) is 15.9 Å². The van der Waals surface area contributed by atoms with Crippen LogP contribution >= 0.6 is 0 Å². The second-order valence-corrected chi connectivity index (χ2v) is 7.05. The molecule has 0 aliphatic carbocycles. The van der Waals surface area contributed by atoms with Crippen LogP contribution in [0, 0.1) is 13.8 Å². The maximum absolute atomic E-state index is 12.4. The third-order valence-corrected chi connectivity index (χ3v) is 5.03. The van der Waals surface area contributed by atoms with Crippen molar-refractivity contribution in [1.29, 1.82) is 0 Å². The molecule has 0 spiro atoms. The zero-order valence-corrected chi connectivity index (χ0v) is 13.3. The Kier molecular flexibility index (Phi) is 4.77. The lowest BCUT2D eigenvalue weighted by Crippen LogP contribution is -2.37. The van der Waals surface area contributed by atoms with Crippen LogP contribution in [0.15, 0.2) is 17.0 Å². The number of nitrogens with zero attached hydrogens (tertiary/aromatic N) is 2. The van der Waals surface area contributed by atoms with Gasteiger partial charge in [-0.05, 0) is 37.1 Å². The number of likely N-dealkylation sites (N-methyl/N-ethyl adjacent to an activating group) is 2. The molecule has 112 valence electrons. The number of hydrogen-bond donors (Lipinski definition) is 1. The molecule has 1 aromatic carbocycles. The predicted octanol–water partition coefficient (Wildman–Crippen LogP) is 0.594. The summed E-state index contributed by atoms with van der Waals surface area (Å²) in [5.74, 6) is -0.284. The monoisotopic (exact) mass is 299 g/mol. The quantitative estimate of drug-likeness (QED) is 0.825. The number of aryl methyl sites for hydroxylation is 1. The Balaban J connectivity index is 3.14. The summed E-state index contributed by atoms with van der Waals surface area (Å²) in [6.07, 6.45) is 0. The first-order valence-corrected chi connectivity index (χ1v) is 7.54. The highest BCUT2D eigenvalue weighted by Crippen LogP contribution is 2.23. The van der Waals surface area contributed by atoms with Gasteiger partial charge in [-0.1, -0.05) is 0 Å². The van der Waals surface area contributed by atoms with E-state index in [-0.39, 0.29) is 17.3 Å². The molecule has 1 rings (SSSR count). The minimum atomic E-state index is -3.72. The molecule has 0 bridgehead atoms.